The fourth-order valence-corrected chi connectivity index (χ4v) is 2.62. The van der Waals surface area contributed by atoms with Crippen LogP contribution in [0.3, 0.4) is 0 Å². The van der Waals surface area contributed by atoms with Crippen molar-refractivity contribution in [3.63, 3.8) is 0 Å². The van der Waals surface area contributed by atoms with Crippen LogP contribution in [0, 0.1) is 0 Å². The smallest absolute Gasteiger partial charge is 0.236 e. The summed E-state index contributed by atoms with van der Waals surface area (Å²) >= 11 is 13.7. The number of nitrogens with two attached hydrogens (primary N) is 1. The molecule has 0 heterocycles. The van der Waals surface area contributed by atoms with E-state index in [1.54, 1.807) is 17.8 Å². The van der Waals surface area contributed by atoms with Gasteiger partial charge in [0.15, 0.2) is 0 Å². The van der Waals surface area contributed by atoms with Crippen LogP contribution in [0.2, 0.25) is 10.0 Å². The summed E-state index contributed by atoms with van der Waals surface area (Å²) < 4.78 is 0. The fraction of sp³-hybridized carbons (Fsp3) is 0.533. The topological polar surface area (TPSA) is 55.1 Å². The first-order valence-corrected chi connectivity index (χ1v) is 8.90. The SMILES string of the molecule is CSCC[C@H](N)C(=O)NCC(C)(C)c1ccc(Cl)c(Cl)c1.Cl. The second kappa shape index (κ2) is 9.89. The van der Waals surface area contributed by atoms with Gasteiger partial charge in [-0.2, -0.15) is 11.8 Å². The average Bonchev–Trinajstić information content (AvgIpc) is 2.44. The van der Waals surface area contributed by atoms with Crippen LogP contribution in [0.15, 0.2) is 18.2 Å². The van der Waals surface area contributed by atoms with Crippen molar-refractivity contribution in [1.82, 2.24) is 5.32 Å². The molecule has 3 nitrogen and oxygen atoms in total. The number of benzene rings is 1. The first-order valence-electron chi connectivity index (χ1n) is 6.75. The van der Waals surface area contributed by atoms with Gasteiger partial charge in [-0.15, -0.1) is 12.4 Å². The Kier molecular flexibility index (Phi) is 9.83. The highest BCUT2D eigenvalue weighted by atomic mass is 35.5. The van der Waals surface area contributed by atoms with Crippen LogP contribution in [-0.4, -0.2) is 30.5 Å². The zero-order valence-electron chi connectivity index (χ0n) is 13.0. The highest BCUT2D eigenvalue weighted by Crippen LogP contribution is 2.29. The van der Waals surface area contributed by atoms with Gasteiger partial charge >= 0.3 is 0 Å². The predicted octanol–water partition coefficient (Wildman–Crippen LogP) is 3.89. The van der Waals surface area contributed by atoms with Crippen molar-refractivity contribution >= 4 is 53.3 Å². The first-order chi connectivity index (χ1) is 9.77. The standard InChI is InChI=1S/C15H22Cl2N2OS.ClH/c1-15(2,10-4-5-11(16)12(17)8-10)9-19-14(20)13(18)6-7-21-3;/h4-5,8,13H,6-7,9,18H2,1-3H3,(H,19,20);1H/t13-;/m0./s1. The van der Waals surface area contributed by atoms with Gasteiger partial charge in [0.1, 0.15) is 0 Å². The summed E-state index contributed by atoms with van der Waals surface area (Å²) in [4.78, 5) is 12.0. The van der Waals surface area contributed by atoms with Crippen molar-refractivity contribution in [2.75, 3.05) is 18.6 Å². The molecule has 0 spiro atoms. The van der Waals surface area contributed by atoms with Crippen molar-refractivity contribution in [2.24, 2.45) is 5.73 Å². The lowest BCUT2D eigenvalue weighted by Crippen LogP contribution is -2.45. The molecule has 0 saturated heterocycles. The van der Waals surface area contributed by atoms with E-state index < -0.39 is 6.04 Å². The van der Waals surface area contributed by atoms with Gasteiger partial charge in [0.05, 0.1) is 16.1 Å². The van der Waals surface area contributed by atoms with Gasteiger partial charge in [0.2, 0.25) is 5.91 Å². The lowest BCUT2D eigenvalue weighted by molar-refractivity contribution is -0.122. The molecule has 1 aromatic rings. The number of thioether (sulfide) groups is 1. The third-order valence-corrected chi connectivity index (χ3v) is 4.76. The molecule has 3 N–H and O–H groups in total. The van der Waals surface area contributed by atoms with E-state index in [9.17, 15) is 4.79 Å². The van der Waals surface area contributed by atoms with E-state index >= 15 is 0 Å². The quantitative estimate of drug-likeness (QED) is 0.748. The molecule has 0 saturated carbocycles. The zero-order valence-corrected chi connectivity index (χ0v) is 16.1. The Morgan fingerprint density at radius 3 is 2.55 bits per heavy atom. The molecule has 1 aromatic carbocycles. The minimum Gasteiger partial charge on any atom is -0.354 e. The monoisotopic (exact) mass is 384 g/mol. The van der Waals surface area contributed by atoms with E-state index in [0.717, 1.165) is 11.3 Å². The first kappa shape index (κ1) is 21.9. The van der Waals surface area contributed by atoms with E-state index in [4.69, 9.17) is 28.9 Å². The van der Waals surface area contributed by atoms with E-state index in [-0.39, 0.29) is 23.7 Å². The van der Waals surface area contributed by atoms with Gasteiger partial charge in [-0.3, -0.25) is 4.79 Å². The predicted molar refractivity (Wildman–Crippen MR) is 101 cm³/mol. The highest BCUT2D eigenvalue weighted by molar-refractivity contribution is 7.98. The normalized spacial score (nSPS) is 12.5. The molecule has 7 heteroatoms. The van der Waals surface area contributed by atoms with Gasteiger partial charge < -0.3 is 11.1 Å². The van der Waals surface area contributed by atoms with Crippen LogP contribution >= 0.6 is 47.4 Å². The summed E-state index contributed by atoms with van der Waals surface area (Å²) in [7, 11) is 0. The molecular weight excluding hydrogens is 363 g/mol. The van der Waals surface area contributed by atoms with Gasteiger partial charge in [-0.25, -0.2) is 0 Å². The summed E-state index contributed by atoms with van der Waals surface area (Å²) in [6.45, 7) is 4.58. The van der Waals surface area contributed by atoms with Crippen molar-refractivity contribution in [3.05, 3.63) is 33.8 Å². The molecule has 1 rings (SSSR count). The van der Waals surface area contributed by atoms with Crippen LogP contribution in [0.4, 0.5) is 0 Å². The van der Waals surface area contributed by atoms with Gasteiger partial charge in [-0.05, 0) is 36.1 Å². The zero-order chi connectivity index (χ0) is 16.0. The van der Waals surface area contributed by atoms with E-state index in [1.165, 1.54) is 0 Å². The maximum Gasteiger partial charge on any atom is 0.236 e. The van der Waals surface area contributed by atoms with E-state index in [0.29, 0.717) is 23.0 Å². The Hall–Kier alpha value is -0.130. The van der Waals surface area contributed by atoms with Gasteiger partial charge in [0.25, 0.3) is 0 Å². The number of rotatable bonds is 7. The lowest BCUT2D eigenvalue weighted by atomic mass is 9.84. The molecule has 22 heavy (non-hydrogen) atoms. The van der Waals surface area contributed by atoms with Crippen LogP contribution in [0.25, 0.3) is 0 Å². The number of carbonyl (C=O) groups is 1. The van der Waals surface area contributed by atoms with Crippen LogP contribution in [0.1, 0.15) is 25.8 Å². The summed E-state index contributed by atoms with van der Waals surface area (Å²) in [6, 6.07) is 5.08. The minimum absolute atomic E-state index is 0. The van der Waals surface area contributed by atoms with Crippen molar-refractivity contribution in [2.45, 2.75) is 31.7 Å². The lowest BCUT2D eigenvalue weighted by Gasteiger charge is -2.27. The number of carbonyl (C=O) groups excluding carboxylic acids is 1. The molecule has 0 aromatic heterocycles. The number of amides is 1. The summed E-state index contributed by atoms with van der Waals surface area (Å²) in [5.41, 5.74) is 6.63. The molecule has 0 aliphatic carbocycles. The Morgan fingerprint density at radius 1 is 1.36 bits per heavy atom. The largest absolute Gasteiger partial charge is 0.354 e. The van der Waals surface area contributed by atoms with E-state index in [2.05, 4.69) is 5.32 Å². The molecular formula is C15H23Cl3N2OS. The van der Waals surface area contributed by atoms with Crippen molar-refractivity contribution in [1.29, 1.82) is 0 Å². The van der Waals surface area contributed by atoms with E-state index in [1.807, 2.05) is 32.2 Å². The minimum atomic E-state index is -0.456. The second-order valence-electron chi connectivity index (χ2n) is 5.62. The maximum absolute atomic E-state index is 12.0. The molecule has 0 radical (unpaired) electrons. The number of halogens is 3. The second-order valence-corrected chi connectivity index (χ2v) is 7.42. The summed E-state index contributed by atoms with van der Waals surface area (Å²) in [5, 5.41) is 3.96. The Morgan fingerprint density at radius 2 is 2.00 bits per heavy atom. The van der Waals surface area contributed by atoms with Crippen LogP contribution in [0.5, 0.6) is 0 Å². The molecule has 1 atom stereocenters. The summed E-state index contributed by atoms with van der Waals surface area (Å²) in [5.74, 6) is 0.766. The number of nitrogens with one attached hydrogen (secondary N) is 1. The highest BCUT2D eigenvalue weighted by Gasteiger charge is 2.23. The average molecular weight is 386 g/mol. The van der Waals surface area contributed by atoms with Gasteiger partial charge in [-0.1, -0.05) is 43.1 Å². The molecule has 0 unspecified atom stereocenters. The Balaban J connectivity index is 0.00000441. The molecule has 0 aliphatic heterocycles. The molecule has 0 bridgehead atoms. The van der Waals surface area contributed by atoms with Gasteiger partial charge in [0, 0.05) is 12.0 Å². The number of hydrogen-bond acceptors (Lipinski definition) is 3. The van der Waals surface area contributed by atoms with Crippen LogP contribution in [-0.2, 0) is 10.2 Å². The Labute approximate surface area is 153 Å². The van der Waals surface area contributed by atoms with Crippen molar-refractivity contribution in [3.8, 4) is 0 Å². The van der Waals surface area contributed by atoms with Crippen molar-refractivity contribution < 1.29 is 4.79 Å². The third-order valence-electron chi connectivity index (χ3n) is 3.38. The summed E-state index contributed by atoms with van der Waals surface area (Å²) in [6.07, 6.45) is 2.68. The molecule has 1 amide bonds. The fourth-order valence-electron chi connectivity index (χ4n) is 1.83. The molecule has 0 aliphatic rings. The third kappa shape index (κ3) is 6.55. The number of hydrogen-bond donors (Lipinski definition) is 2. The Bertz CT molecular complexity index is 498. The molecule has 126 valence electrons. The van der Waals surface area contributed by atoms with Crippen LogP contribution < -0.4 is 11.1 Å². The molecule has 0 fully saturated rings. The maximum atomic E-state index is 12.0.